The smallest absolute Gasteiger partial charge is 0.424 e. The Labute approximate surface area is 235 Å². The Bertz CT molecular complexity index is 1790. The number of ether oxygens (including phenoxy) is 1. The average Bonchev–Trinajstić information content (AvgIpc) is 3.32. The van der Waals surface area contributed by atoms with Gasteiger partial charge in [0.2, 0.25) is 11.5 Å². The van der Waals surface area contributed by atoms with Crippen LogP contribution in [-0.4, -0.2) is 46.2 Å². The number of aliphatic hydroxyl groups is 1. The molecule has 0 saturated carbocycles. The van der Waals surface area contributed by atoms with Gasteiger partial charge in [-0.25, -0.2) is 9.37 Å². The Kier molecular flexibility index (Phi) is 6.82. The number of halogens is 4. The molecule has 9 nitrogen and oxygen atoms in total. The summed E-state index contributed by atoms with van der Waals surface area (Å²) in [7, 11) is 0. The Balaban J connectivity index is 1.60. The fourth-order valence-corrected chi connectivity index (χ4v) is 4.66. The third-order valence-corrected chi connectivity index (χ3v) is 7.22. The fraction of sp³-hybridized carbons (Fsp3) is 0.207. The second kappa shape index (κ2) is 10.1. The van der Waals surface area contributed by atoms with E-state index in [2.05, 4.69) is 15.3 Å². The van der Waals surface area contributed by atoms with Crippen LogP contribution in [0.1, 0.15) is 34.1 Å². The summed E-state index contributed by atoms with van der Waals surface area (Å²) in [6.07, 6.45) is -3.93. The highest BCUT2D eigenvalue weighted by atomic mass is 19.4. The molecule has 0 aliphatic carbocycles. The molecule has 0 saturated heterocycles. The molecular weight excluding hydrogens is 558 g/mol. The van der Waals surface area contributed by atoms with Crippen LogP contribution in [-0.2, 0) is 15.8 Å². The number of nitrogens with one attached hydrogen (secondary N) is 1. The van der Waals surface area contributed by atoms with Crippen molar-refractivity contribution in [3.05, 3.63) is 89.0 Å². The number of nitrogens with zero attached hydrogens (tertiary/aromatic N) is 3. The Morgan fingerprint density at radius 1 is 1.19 bits per heavy atom. The second-order valence-electron chi connectivity index (χ2n) is 9.98. The molecule has 214 valence electrons. The molecule has 13 heteroatoms. The summed E-state index contributed by atoms with van der Waals surface area (Å²) in [5.74, 6) is -2.57. The van der Waals surface area contributed by atoms with E-state index in [-0.39, 0.29) is 40.3 Å². The lowest BCUT2D eigenvalue weighted by atomic mass is 9.81. The number of hydrogen-bond donors (Lipinski definition) is 3. The standard InChI is InChI=1S/C29H21F4N5O4/c1-27(26(35)40)14-42-24-20(27)11-21(38-23(24)15-4-6-19(30)7-5-15)28(41,29(31,32)33)13-37-25(39)17-9-16-3-2-8-36-22(16)18(10-17)12-34/h2-11,41H,13-14H2,1H3,(H2,35,40)(H,37,39)/t27-,28-/m0/s1. The minimum Gasteiger partial charge on any atom is -0.489 e. The number of alkyl halides is 3. The summed E-state index contributed by atoms with van der Waals surface area (Å²) >= 11 is 0. The number of carbonyl (C=O) groups is 2. The van der Waals surface area contributed by atoms with Gasteiger partial charge in [0.05, 0.1) is 23.3 Å². The van der Waals surface area contributed by atoms with Crippen LogP contribution in [0.25, 0.3) is 22.2 Å². The number of benzene rings is 2. The van der Waals surface area contributed by atoms with E-state index >= 15 is 0 Å². The van der Waals surface area contributed by atoms with Crippen LogP contribution in [0.15, 0.2) is 60.8 Å². The zero-order chi connectivity index (χ0) is 30.4. The molecule has 0 bridgehead atoms. The van der Waals surface area contributed by atoms with Crippen LogP contribution < -0.4 is 15.8 Å². The van der Waals surface area contributed by atoms with Crippen LogP contribution in [0.5, 0.6) is 5.75 Å². The molecular formula is C29H21F4N5O4. The largest absolute Gasteiger partial charge is 0.489 e. The van der Waals surface area contributed by atoms with Crippen LogP contribution in [0.4, 0.5) is 17.6 Å². The highest BCUT2D eigenvalue weighted by Gasteiger charge is 2.57. The first-order chi connectivity index (χ1) is 19.8. The van der Waals surface area contributed by atoms with Crippen molar-refractivity contribution in [2.75, 3.05) is 13.2 Å². The van der Waals surface area contributed by atoms with Gasteiger partial charge in [0.25, 0.3) is 5.91 Å². The Hall–Kier alpha value is -5.09. The molecule has 2 amide bonds. The summed E-state index contributed by atoms with van der Waals surface area (Å²) in [6, 6.07) is 13.1. The molecule has 3 heterocycles. The molecule has 0 spiro atoms. The molecule has 42 heavy (non-hydrogen) atoms. The van der Waals surface area contributed by atoms with Gasteiger partial charge in [-0.3, -0.25) is 14.6 Å². The second-order valence-corrected chi connectivity index (χ2v) is 9.98. The van der Waals surface area contributed by atoms with E-state index in [0.717, 1.165) is 18.2 Å². The number of hydrogen-bond acceptors (Lipinski definition) is 7. The van der Waals surface area contributed by atoms with Gasteiger partial charge in [-0.05, 0) is 55.5 Å². The molecule has 5 rings (SSSR count). The van der Waals surface area contributed by atoms with Crippen molar-refractivity contribution < 1.29 is 37.0 Å². The normalized spacial score (nSPS) is 17.5. The first-order valence-electron chi connectivity index (χ1n) is 12.4. The van der Waals surface area contributed by atoms with Gasteiger partial charge in [0.15, 0.2) is 0 Å². The maximum Gasteiger partial charge on any atom is 0.424 e. The highest BCUT2D eigenvalue weighted by Crippen LogP contribution is 2.47. The summed E-state index contributed by atoms with van der Waals surface area (Å²) < 4.78 is 63.0. The van der Waals surface area contributed by atoms with Crippen molar-refractivity contribution in [2.45, 2.75) is 24.1 Å². The molecule has 2 atom stereocenters. The molecule has 1 aliphatic rings. The van der Waals surface area contributed by atoms with Crippen molar-refractivity contribution >= 4 is 22.7 Å². The summed E-state index contributed by atoms with van der Waals surface area (Å²) in [4.78, 5) is 33.5. The predicted molar refractivity (Wildman–Crippen MR) is 140 cm³/mol. The highest BCUT2D eigenvalue weighted by molar-refractivity contribution is 5.99. The third kappa shape index (κ3) is 4.65. The van der Waals surface area contributed by atoms with E-state index in [1.165, 1.54) is 37.4 Å². The first kappa shape index (κ1) is 28.4. The lowest BCUT2D eigenvalue weighted by Gasteiger charge is -2.31. The zero-order valence-corrected chi connectivity index (χ0v) is 21.8. The van der Waals surface area contributed by atoms with Gasteiger partial charge in [-0.1, -0.05) is 6.07 Å². The van der Waals surface area contributed by atoms with E-state index < -0.39 is 47.1 Å². The van der Waals surface area contributed by atoms with E-state index in [1.807, 2.05) is 6.07 Å². The number of primary amides is 1. The molecule has 0 fully saturated rings. The van der Waals surface area contributed by atoms with E-state index in [0.29, 0.717) is 10.9 Å². The fourth-order valence-electron chi connectivity index (χ4n) is 4.66. The number of fused-ring (bicyclic) bond motifs is 2. The minimum atomic E-state index is -5.38. The first-order valence-corrected chi connectivity index (χ1v) is 12.4. The molecule has 0 unspecified atom stereocenters. The lowest BCUT2D eigenvalue weighted by molar-refractivity contribution is -0.265. The van der Waals surface area contributed by atoms with E-state index in [9.17, 15) is 37.5 Å². The van der Waals surface area contributed by atoms with Crippen LogP contribution in [0.3, 0.4) is 0 Å². The van der Waals surface area contributed by atoms with E-state index in [4.69, 9.17) is 10.5 Å². The van der Waals surface area contributed by atoms with Gasteiger partial charge in [-0.2, -0.15) is 18.4 Å². The van der Waals surface area contributed by atoms with Gasteiger partial charge in [-0.15, -0.1) is 0 Å². The maximum absolute atomic E-state index is 14.6. The topological polar surface area (TPSA) is 151 Å². The number of rotatable bonds is 6. The predicted octanol–water partition coefficient (Wildman–Crippen LogP) is 3.62. The number of nitriles is 1. The summed E-state index contributed by atoms with van der Waals surface area (Å²) in [6.45, 7) is -0.323. The van der Waals surface area contributed by atoms with Crippen molar-refractivity contribution in [3.63, 3.8) is 0 Å². The minimum absolute atomic E-state index is 0.0271. The van der Waals surface area contributed by atoms with Gasteiger partial charge < -0.3 is 20.9 Å². The molecule has 1 aliphatic heterocycles. The van der Waals surface area contributed by atoms with Crippen LogP contribution in [0.2, 0.25) is 0 Å². The Morgan fingerprint density at radius 3 is 2.55 bits per heavy atom. The quantitative estimate of drug-likeness (QED) is 0.295. The van der Waals surface area contributed by atoms with Gasteiger partial charge >= 0.3 is 6.18 Å². The summed E-state index contributed by atoms with van der Waals surface area (Å²) in [5.41, 5.74) is -0.639. The van der Waals surface area contributed by atoms with E-state index in [1.54, 1.807) is 12.1 Å². The SMILES string of the molecule is C[C@]1(C(N)=O)COc2c1cc([C@@](O)(CNC(=O)c1cc(C#N)c3ncccc3c1)C(F)(F)F)nc2-c1ccc(F)cc1. The zero-order valence-electron chi connectivity index (χ0n) is 21.8. The van der Waals surface area contributed by atoms with Gasteiger partial charge in [0.1, 0.15) is 35.4 Å². The molecule has 4 N–H and O–H groups in total. The van der Waals surface area contributed by atoms with Gasteiger partial charge in [0, 0.05) is 28.3 Å². The molecule has 0 radical (unpaired) electrons. The number of nitrogens with two attached hydrogens (primary N) is 1. The average molecular weight is 580 g/mol. The van der Waals surface area contributed by atoms with Crippen LogP contribution >= 0.6 is 0 Å². The molecule has 4 aromatic rings. The van der Waals surface area contributed by atoms with Crippen molar-refractivity contribution in [3.8, 4) is 23.1 Å². The summed E-state index contributed by atoms with van der Waals surface area (Å²) in [5, 5.41) is 23.1. The molecule has 2 aromatic carbocycles. The molecule has 2 aromatic heterocycles. The van der Waals surface area contributed by atoms with Crippen molar-refractivity contribution in [1.29, 1.82) is 5.26 Å². The lowest BCUT2D eigenvalue weighted by Crippen LogP contribution is -2.51. The Morgan fingerprint density at radius 2 is 1.90 bits per heavy atom. The third-order valence-electron chi connectivity index (χ3n) is 7.22. The monoisotopic (exact) mass is 579 g/mol. The van der Waals surface area contributed by atoms with Crippen molar-refractivity contribution in [2.24, 2.45) is 5.73 Å². The number of carbonyl (C=O) groups excluding carboxylic acids is 2. The van der Waals surface area contributed by atoms with Crippen molar-refractivity contribution in [1.82, 2.24) is 15.3 Å². The maximum atomic E-state index is 14.6. The number of pyridine rings is 2. The van der Waals surface area contributed by atoms with Crippen LogP contribution in [0, 0.1) is 17.1 Å². The number of aromatic nitrogens is 2. The number of amides is 2.